The number of hydrazine groups is 1. The monoisotopic (exact) mass is 131 g/mol. The van der Waals surface area contributed by atoms with Gasteiger partial charge in [-0.25, -0.2) is 10.6 Å². The van der Waals surface area contributed by atoms with Gasteiger partial charge >= 0.3 is 6.09 Å². The molecule has 0 radical (unpaired) electrons. The number of nitrogens with two attached hydrogens (primary N) is 1. The molecular formula is C4H9N3O2. The molecule has 0 aromatic heterocycles. The fraction of sp³-hybridized carbons (Fsp3) is 0.750. The van der Waals surface area contributed by atoms with E-state index in [1.807, 2.05) is 5.43 Å². The highest BCUT2D eigenvalue weighted by Gasteiger charge is 2.17. The van der Waals surface area contributed by atoms with Crippen LogP contribution in [0.15, 0.2) is 0 Å². The number of nitrogens with one attached hydrogen (secondary N) is 1. The van der Waals surface area contributed by atoms with E-state index in [1.165, 1.54) is 0 Å². The third kappa shape index (κ3) is 1.55. The normalized spacial score (nSPS) is 18.3. The predicted octanol–water partition coefficient (Wildman–Crippen LogP) is -0.793. The van der Waals surface area contributed by atoms with Gasteiger partial charge in [-0.05, 0) is 6.42 Å². The minimum absolute atomic E-state index is 0.602. The van der Waals surface area contributed by atoms with Crippen molar-refractivity contribution in [2.45, 2.75) is 6.42 Å². The van der Waals surface area contributed by atoms with Crippen molar-refractivity contribution in [1.82, 2.24) is 10.5 Å². The van der Waals surface area contributed by atoms with E-state index in [2.05, 4.69) is 4.84 Å². The maximum Gasteiger partial charge on any atom is 0.440 e. The van der Waals surface area contributed by atoms with Gasteiger partial charge in [-0.2, -0.15) is 0 Å². The van der Waals surface area contributed by atoms with Crippen molar-refractivity contribution < 1.29 is 9.63 Å². The van der Waals surface area contributed by atoms with Crippen LogP contribution in [0.4, 0.5) is 4.79 Å². The molecule has 0 aromatic carbocycles. The molecule has 0 spiro atoms. The molecule has 5 nitrogen and oxygen atoms in total. The van der Waals surface area contributed by atoms with Crippen LogP contribution in [0.2, 0.25) is 0 Å². The number of amides is 1. The van der Waals surface area contributed by atoms with Crippen LogP contribution in [-0.2, 0) is 4.84 Å². The summed E-state index contributed by atoms with van der Waals surface area (Å²) in [5, 5.41) is 1.54. The van der Waals surface area contributed by atoms with Gasteiger partial charge in [0.2, 0.25) is 0 Å². The van der Waals surface area contributed by atoms with Gasteiger partial charge in [-0.15, -0.1) is 5.06 Å². The summed E-state index contributed by atoms with van der Waals surface area (Å²) in [6.07, 6.45) is 0.479. The molecule has 1 fully saturated rings. The van der Waals surface area contributed by atoms with Crippen LogP contribution in [0, 0.1) is 0 Å². The minimum Gasteiger partial charge on any atom is -0.350 e. The SMILES string of the molecule is NNC(=O)ON1CCC1. The lowest BCUT2D eigenvalue weighted by Crippen LogP contribution is -2.43. The lowest BCUT2D eigenvalue weighted by molar-refractivity contribution is -0.141. The topological polar surface area (TPSA) is 67.6 Å². The van der Waals surface area contributed by atoms with Crippen molar-refractivity contribution in [2.75, 3.05) is 13.1 Å². The van der Waals surface area contributed by atoms with Gasteiger partial charge in [-0.3, -0.25) is 5.43 Å². The molecule has 1 amide bonds. The maximum absolute atomic E-state index is 10.3. The van der Waals surface area contributed by atoms with Crippen LogP contribution in [0.25, 0.3) is 0 Å². The van der Waals surface area contributed by atoms with Gasteiger partial charge in [0.15, 0.2) is 0 Å². The highest BCUT2D eigenvalue weighted by Crippen LogP contribution is 2.04. The first-order chi connectivity index (χ1) is 4.33. The predicted molar refractivity (Wildman–Crippen MR) is 30.0 cm³/mol. The largest absolute Gasteiger partial charge is 0.440 e. The molecule has 0 bridgehead atoms. The summed E-state index contributed by atoms with van der Waals surface area (Å²) in [6.45, 7) is 1.63. The van der Waals surface area contributed by atoms with Gasteiger partial charge in [0.25, 0.3) is 0 Å². The van der Waals surface area contributed by atoms with E-state index >= 15 is 0 Å². The minimum atomic E-state index is -0.602. The molecule has 0 aromatic rings. The van der Waals surface area contributed by atoms with Gasteiger partial charge < -0.3 is 4.84 Å². The molecule has 1 rings (SSSR count). The Labute approximate surface area is 52.7 Å². The van der Waals surface area contributed by atoms with E-state index in [-0.39, 0.29) is 0 Å². The summed E-state index contributed by atoms with van der Waals surface area (Å²) in [5.74, 6) is 4.75. The average Bonchev–Trinajstić information content (AvgIpc) is 1.78. The number of rotatable bonds is 1. The maximum atomic E-state index is 10.3. The first-order valence-corrected chi connectivity index (χ1v) is 2.76. The van der Waals surface area contributed by atoms with E-state index in [0.717, 1.165) is 19.5 Å². The highest BCUT2D eigenvalue weighted by atomic mass is 16.7. The molecule has 0 atom stereocenters. The third-order valence-electron chi connectivity index (χ3n) is 1.14. The van der Waals surface area contributed by atoms with Crippen LogP contribution in [0.1, 0.15) is 6.42 Å². The molecule has 0 aliphatic carbocycles. The van der Waals surface area contributed by atoms with Crippen molar-refractivity contribution in [3.63, 3.8) is 0 Å². The Hall–Kier alpha value is -0.810. The van der Waals surface area contributed by atoms with Gasteiger partial charge in [0, 0.05) is 13.1 Å². The Bertz CT molecular complexity index is 112. The molecule has 1 saturated heterocycles. The molecule has 1 aliphatic heterocycles. The fourth-order valence-electron chi connectivity index (χ4n) is 0.522. The Morgan fingerprint density at radius 1 is 1.67 bits per heavy atom. The van der Waals surface area contributed by atoms with Crippen LogP contribution in [0.5, 0.6) is 0 Å². The molecule has 52 valence electrons. The fourth-order valence-corrected chi connectivity index (χ4v) is 0.522. The van der Waals surface area contributed by atoms with Crippen LogP contribution in [0.3, 0.4) is 0 Å². The first-order valence-electron chi connectivity index (χ1n) is 2.76. The average molecular weight is 131 g/mol. The molecular weight excluding hydrogens is 122 g/mol. The summed E-state index contributed by atoms with van der Waals surface area (Å²) < 4.78 is 0. The molecule has 0 saturated carbocycles. The summed E-state index contributed by atoms with van der Waals surface area (Å²) >= 11 is 0. The summed E-state index contributed by atoms with van der Waals surface area (Å²) in [7, 11) is 0. The smallest absolute Gasteiger partial charge is 0.350 e. The van der Waals surface area contributed by atoms with E-state index in [1.54, 1.807) is 5.06 Å². The summed E-state index contributed by atoms with van der Waals surface area (Å²) in [6, 6.07) is 0. The van der Waals surface area contributed by atoms with Gasteiger partial charge in [-0.1, -0.05) is 0 Å². The van der Waals surface area contributed by atoms with Gasteiger partial charge in [0.05, 0.1) is 0 Å². The number of carbonyl (C=O) groups excluding carboxylic acids is 1. The second-order valence-electron chi connectivity index (χ2n) is 1.81. The molecule has 3 N–H and O–H groups in total. The number of hydroxylamine groups is 2. The van der Waals surface area contributed by atoms with Crippen molar-refractivity contribution in [3.8, 4) is 0 Å². The highest BCUT2D eigenvalue weighted by molar-refractivity contribution is 5.65. The van der Waals surface area contributed by atoms with E-state index < -0.39 is 6.09 Å². The molecule has 1 heterocycles. The number of hydrogen-bond acceptors (Lipinski definition) is 4. The van der Waals surface area contributed by atoms with Crippen molar-refractivity contribution in [3.05, 3.63) is 0 Å². The molecule has 9 heavy (non-hydrogen) atoms. The Morgan fingerprint density at radius 3 is 2.67 bits per heavy atom. The third-order valence-corrected chi connectivity index (χ3v) is 1.14. The lowest BCUT2D eigenvalue weighted by atomic mass is 10.3. The van der Waals surface area contributed by atoms with E-state index in [4.69, 9.17) is 5.84 Å². The molecule has 5 heteroatoms. The second kappa shape index (κ2) is 2.65. The zero-order chi connectivity index (χ0) is 6.69. The Balaban J connectivity index is 2.09. The van der Waals surface area contributed by atoms with Crippen LogP contribution < -0.4 is 11.3 Å². The Morgan fingerprint density at radius 2 is 2.33 bits per heavy atom. The zero-order valence-electron chi connectivity index (χ0n) is 4.96. The van der Waals surface area contributed by atoms with Crippen molar-refractivity contribution in [2.24, 2.45) is 5.84 Å². The van der Waals surface area contributed by atoms with Crippen molar-refractivity contribution >= 4 is 6.09 Å². The lowest BCUT2D eigenvalue weighted by Gasteiger charge is -2.27. The summed E-state index contributed by atoms with van der Waals surface area (Å²) in [4.78, 5) is 14.9. The molecule has 1 aliphatic rings. The van der Waals surface area contributed by atoms with Crippen LogP contribution in [-0.4, -0.2) is 24.2 Å². The Kier molecular flexibility index (Phi) is 1.86. The van der Waals surface area contributed by atoms with Crippen molar-refractivity contribution in [1.29, 1.82) is 0 Å². The summed E-state index contributed by atoms with van der Waals surface area (Å²) in [5.41, 5.74) is 1.86. The quantitative estimate of drug-likeness (QED) is 0.278. The first kappa shape index (κ1) is 6.31. The van der Waals surface area contributed by atoms with E-state index in [9.17, 15) is 4.79 Å². The van der Waals surface area contributed by atoms with Crippen LogP contribution >= 0.6 is 0 Å². The second-order valence-corrected chi connectivity index (χ2v) is 1.81. The number of nitrogens with zero attached hydrogens (tertiary/aromatic N) is 1. The molecule has 0 unspecified atom stereocenters. The van der Waals surface area contributed by atoms with Gasteiger partial charge in [0.1, 0.15) is 0 Å². The zero-order valence-corrected chi connectivity index (χ0v) is 4.96. The van der Waals surface area contributed by atoms with E-state index in [0.29, 0.717) is 0 Å². The number of hydrogen-bond donors (Lipinski definition) is 2. The standard InChI is InChI=1S/C4H9N3O2/c5-6-4(8)9-7-2-1-3-7/h1-3,5H2,(H,6,8). The number of carbonyl (C=O) groups is 1.